The molecular weight excluding hydrogens is 299 g/mol. The number of amides is 1. The van der Waals surface area contributed by atoms with Crippen molar-refractivity contribution in [3.8, 4) is 0 Å². The van der Waals surface area contributed by atoms with Crippen LogP contribution < -0.4 is 4.90 Å². The Morgan fingerprint density at radius 3 is 2.59 bits per heavy atom. The predicted octanol–water partition coefficient (Wildman–Crippen LogP) is 4.13. The minimum Gasteiger partial charge on any atom is -0.287 e. The molecule has 0 aliphatic heterocycles. The Hall–Kier alpha value is -2.53. The average molecular weight is 312 g/mol. The summed E-state index contributed by atoms with van der Waals surface area (Å²) in [5.41, 5.74) is 0.457. The Morgan fingerprint density at radius 1 is 1.09 bits per heavy atom. The topological polar surface area (TPSA) is 33.2 Å². The second-order valence-corrected chi connectivity index (χ2v) is 5.60. The van der Waals surface area contributed by atoms with E-state index in [-0.39, 0.29) is 18.3 Å². The number of aromatic nitrogens is 1. The van der Waals surface area contributed by atoms with Gasteiger partial charge in [-0.15, -0.1) is 11.3 Å². The molecule has 0 aliphatic carbocycles. The highest BCUT2D eigenvalue weighted by Gasteiger charge is 2.21. The van der Waals surface area contributed by atoms with Crippen molar-refractivity contribution in [2.45, 2.75) is 6.54 Å². The molecule has 110 valence electrons. The van der Waals surface area contributed by atoms with E-state index >= 15 is 0 Å². The fourth-order valence-electron chi connectivity index (χ4n) is 2.10. The van der Waals surface area contributed by atoms with Crippen molar-refractivity contribution < 1.29 is 9.18 Å². The maximum Gasteiger partial charge on any atom is 0.269 e. The zero-order chi connectivity index (χ0) is 15.4. The van der Waals surface area contributed by atoms with E-state index in [1.807, 2.05) is 11.4 Å². The fourth-order valence-corrected chi connectivity index (χ4v) is 2.77. The first-order valence-corrected chi connectivity index (χ1v) is 7.63. The number of hydrogen-bond donors (Lipinski definition) is 0. The van der Waals surface area contributed by atoms with E-state index in [1.54, 1.807) is 48.7 Å². The maximum atomic E-state index is 13.9. The summed E-state index contributed by atoms with van der Waals surface area (Å²) in [5, 5.41) is 1.84. The van der Waals surface area contributed by atoms with Gasteiger partial charge in [0.05, 0.1) is 11.4 Å². The standard InChI is InChI=1S/C17H13FN2OS/c18-14-7-2-1-6-13(14)12-20(16-9-3-4-10-19-16)17(21)15-8-5-11-22-15/h1-11H,12H2. The highest BCUT2D eigenvalue weighted by Crippen LogP contribution is 2.21. The predicted molar refractivity (Wildman–Crippen MR) is 85.5 cm³/mol. The number of anilines is 1. The number of rotatable bonds is 4. The van der Waals surface area contributed by atoms with Crippen LogP contribution in [0, 0.1) is 5.82 Å². The first kappa shape index (κ1) is 14.4. The van der Waals surface area contributed by atoms with Crippen LogP contribution >= 0.6 is 11.3 Å². The summed E-state index contributed by atoms with van der Waals surface area (Å²) >= 11 is 1.36. The van der Waals surface area contributed by atoms with Crippen molar-refractivity contribution in [1.29, 1.82) is 0 Å². The number of hydrogen-bond acceptors (Lipinski definition) is 3. The van der Waals surface area contributed by atoms with Crippen LogP contribution in [-0.4, -0.2) is 10.9 Å². The van der Waals surface area contributed by atoms with Crippen LogP contribution in [0.1, 0.15) is 15.2 Å². The minimum atomic E-state index is -0.331. The second kappa shape index (κ2) is 6.49. The Morgan fingerprint density at radius 2 is 1.91 bits per heavy atom. The molecule has 5 heteroatoms. The summed E-state index contributed by atoms with van der Waals surface area (Å²) in [5.74, 6) is -0.0106. The zero-order valence-corrected chi connectivity index (χ0v) is 12.5. The van der Waals surface area contributed by atoms with Gasteiger partial charge in [0.15, 0.2) is 0 Å². The molecule has 0 saturated heterocycles. The van der Waals surface area contributed by atoms with Gasteiger partial charge in [0.25, 0.3) is 5.91 Å². The number of thiophene rings is 1. The Bertz CT molecular complexity index is 759. The third kappa shape index (κ3) is 3.04. The fraction of sp³-hybridized carbons (Fsp3) is 0.0588. The molecule has 2 heterocycles. The van der Waals surface area contributed by atoms with Crippen molar-refractivity contribution in [3.63, 3.8) is 0 Å². The van der Waals surface area contributed by atoms with Gasteiger partial charge in [-0.2, -0.15) is 0 Å². The monoisotopic (exact) mass is 312 g/mol. The van der Waals surface area contributed by atoms with Gasteiger partial charge in [0.1, 0.15) is 11.6 Å². The van der Waals surface area contributed by atoms with Crippen LogP contribution in [0.4, 0.5) is 10.2 Å². The number of pyridine rings is 1. The molecule has 0 unspecified atom stereocenters. The molecule has 0 atom stereocenters. The van der Waals surface area contributed by atoms with E-state index in [0.717, 1.165) is 0 Å². The summed E-state index contributed by atoms with van der Waals surface area (Å²) in [6.45, 7) is 0.139. The van der Waals surface area contributed by atoms with Crippen LogP contribution in [0.3, 0.4) is 0 Å². The van der Waals surface area contributed by atoms with Crippen molar-refractivity contribution in [3.05, 3.63) is 82.4 Å². The van der Waals surface area contributed by atoms with Gasteiger partial charge in [0.2, 0.25) is 0 Å². The van der Waals surface area contributed by atoms with Crippen molar-refractivity contribution in [2.75, 3.05) is 4.90 Å². The molecule has 0 N–H and O–H groups in total. The van der Waals surface area contributed by atoms with E-state index in [1.165, 1.54) is 22.3 Å². The Labute approximate surface area is 131 Å². The molecular formula is C17H13FN2OS. The van der Waals surface area contributed by atoms with Gasteiger partial charge in [-0.05, 0) is 29.6 Å². The molecule has 0 bridgehead atoms. The lowest BCUT2D eigenvalue weighted by Gasteiger charge is -2.21. The van der Waals surface area contributed by atoms with Gasteiger partial charge in [-0.25, -0.2) is 9.37 Å². The highest BCUT2D eigenvalue weighted by molar-refractivity contribution is 7.12. The van der Waals surface area contributed by atoms with Gasteiger partial charge >= 0.3 is 0 Å². The number of nitrogens with zero attached hydrogens (tertiary/aromatic N) is 2. The third-order valence-electron chi connectivity index (χ3n) is 3.19. The molecule has 3 rings (SSSR count). The number of benzene rings is 1. The largest absolute Gasteiger partial charge is 0.287 e. The summed E-state index contributed by atoms with van der Waals surface area (Å²) < 4.78 is 13.9. The van der Waals surface area contributed by atoms with Crippen molar-refractivity contribution >= 4 is 23.1 Å². The number of halogens is 1. The lowest BCUT2D eigenvalue weighted by molar-refractivity contribution is 0.0988. The van der Waals surface area contributed by atoms with Crippen LogP contribution in [0.15, 0.2) is 66.2 Å². The van der Waals surface area contributed by atoms with E-state index in [2.05, 4.69) is 4.98 Å². The molecule has 2 aromatic heterocycles. The average Bonchev–Trinajstić information content (AvgIpc) is 3.09. The molecule has 0 radical (unpaired) electrons. The van der Waals surface area contributed by atoms with Crippen molar-refractivity contribution in [1.82, 2.24) is 4.98 Å². The molecule has 1 aromatic carbocycles. The van der Waals surface area contributed by atoms with Crippen LogP contribution in [0.25, 0.3) is 0 Å². The first-order valence-electron chi connectivity index (χ1n) is 6.75. The van der Waals surface area contributed by atoms with E-state index in [9.17, 15) is 9.18 Å². The quantitative estimate of drug-likeness (QED) is 0.726. The maximum absolute atomic E-state index is 13.9. The molecule has 0 saturated carbocycles. The summed E-state index contributed by atoms with van der Waals surface area (Å²) in [7, 11) is 0. The normalized spacial score (nSPS) is 10.4. The van der Waals surface area contributed by atoms with Gasteiger partial charge in [-0.3, -0.25) is 9.69 Å². The molecule has 0 spiro atoms. The SMILES string of the molecule is O=C(c1cccs1)N(Cc1ccccc1F)c1ccccn1. The number of carbonyl (C=O) groups is 1. The lowest BCUT2D eigenvalue weighted by atomic mass is 10.2. The number of carbonyl (C=O) groups excluding carboxylic acids is 1. The molecule has 0 fully saturated rings. The van der Waals surface area contributed by atoms with Crippen LogP contribution in [0.5, 0.6) is 0 Å². The molecule has 1 amide bonds. The smallest absolute Gasteiger partial charge is 0.269 e. The highest BCUT2D eigenvalue weighted by atomic mass is 32.1. The van der Waals surface area contributed by atoms with Gasteiger partial charge in [0, 0.05) is 11.8 Å². The minimum absolute atomic E-state index is 0.139. The Balaban J connectivity index is 1.97. The zero-order valence-electron chi connectivity index (χ0n) is 11.6. The van der Waals surface area contributed by atoms with E-state index in [4.69, 9.17) is 0 Å². The molecule has 0 aliphatic rings. The lowest BCUT2D eigenvalue weighted by Crippen LogP contribution is -2.30. The third-order valence-corrected chi connectivity index (χ3v) is 4.05. The van der Waals surface area contributed by atoms with Gasteiger partial charge < -0.3 is 0 Å². The van der Waals surface area contributed by atoms with E-state index in [0.29, 0.717) is 16.3 Å². The summed E-state index contributed by atoms with van der Waals surface area (Å²) in [6.07, 6.45) is 1.62. The molecule has 3 aromatic rings. The molecule has 3 nitrogen and oxygen atoms in total. The Kier molecular flexibility index (Phi) is 4.25. The summed E-state index contributed by atoms with van der Waals surface area (Å²) in [4.78, 5) is 19.0. The van der Waals surface area contributed by atoms with Crippen LogP contribution in [-0.2, 0) is 6.54 Å². The van der Waals surface area contributed by atoms with Gasteiger partial charge in [-0.1, -0.05) is 30.3 Å². The molecule has 22 heavy (non-hydrogen) atoms. The second-order valence-electron chi connectivity index (χ2n) is 4.65. The van der Waals surface area contributed by atoms with Crippen LogP contribution in [0.2, 0.25) is 0 Å². The summed E-state index contributed by atoms with van der Waals surface area (Å²) in [6, 6.07) is 15.3. The van der Waals surface area contributed by atoms with E-state index < -0.39 is 0 Å². The first-order chi connectivity index (χ1) is 10.8. The van der Waals surface area contributed by atoms with Crippen molar-refractivity contribution in [2.24, 2.45) is 0 Å².